The molecule has 0 heterocycles. The number of hydrogen-bond acceptors (Lipinski definition) is 4. The highest BCUT2D eigenvalue weighted by Gasteiger charge is 2.41. The minimum absolute atomic E-state index is 0.0248. The molecule has 4 nitrogen and oxygen atoms in total. The summed E-state index contributed by atoms with van der Waals surface area (Å²) in [5.41, 5.74) is 0. The number of carbonyl (C=O) groups excluding carboxylic acids is 3. The fourth-order valence-corrected chi connectivity index (χ4v) is 1.78. The van der Waals surface area contributed by atoms with Crippen molar-refractivity contribution in [1.29, 1.82) is 0 Å². The van der Waals surface area contributed by atoms with E-state index >= 15 is 0 Å². The van der Waals surface area contributed by atoms with E-state index in [4.69, 9.17) is 4.74 Å². The predicted molar refractivity (Wildman–Crippen MR) is 48.5 cm³/mol. The first-order valence-corrected chi connectivity index (χ1v) is 4.75. The van der Waals surface area contributed by atoms with Crippen LogP contribution < -0.4 is 0 Å². The molecule has 0 saturated heterocycles. The van der Waals surface area contributed by atoms with Crippen molar-refractivity contribution in [3.8, 4) is 0 Å². The maximum absolute atomic E-state index is 11.4. The third-order valence-electron chi connectivity index (χ3n) is 2.49. The molecule has 0 bridgehead atoms. The van der Waals surface area contributed by atoms with Crippen LogP contribution in [0, 0.1) is 11.8 Å². The van der Waals surface area contributed by atoms with Gasteiger partial charge in [-0.3, -0.25) is 14.4 Å². The number of ketones is 2. The highest BCUT2D eigenvalue weighted by atomic mass is 16.5. The second kappa shape index (κ2) is 4.35. The predicted octanol–water partition coefficient (Wildman–Crippen LogP) is 0.734. The molecule has 0 N–H and O–H groups in total. The van der Waals surface area contributed by atoms with Crippen LogP contribution in [0.1, 0.15) is 26.7 Å². The highest BCUT2D eigenvalue weighted by molar-refractivity contribution is 5.96. The summed E-state index contributed by atoms with van der Waals surface area (Å²) in [6, 6.07) is 0. The summed E-state index contributed by atoms with van der Waals surface area (Å²) in [5, 5.41) is 0. The molecule has 0 unspecified atom stereocenters. The lowest BCUT2D eigenvalue weighted by molar-refractivity contribution is -0.151. The van der Waals surface area contributed by atoms with Crippen molar-refractivity contribution in [2.24, 2.45) is 11.8 Å². The van der Waals surface area contributed by atoms with Crippen LogP contribution in [0.25, 0.3) is 0 Å². The van der Waals surface area contributed by atoms with Crippen LogP contribution in [-0.2, 0) is 19.1 Å². The monoisotopic (exact) mass is 198 g/mol. The Morgan fingerprint density at radius 3 is 2.43 bits per heavy atom. The van der Waals surface area contributed by atoms with Crippen molar-refractivity contribution in [3.05, 3.63) is 0 Å². The quantitative estimate of drug-likeness (QED) is 0.627. The Hall–Kier alpha value is -1.19. The first-order valence-electron chi connectivity index (χ1n) is 4.75. The number of ether oxygens (including phenoxy) is 1. The largest absolute Gasteiger partial charge is 0.466 e. The van der Waals surface area contributed by atoms with Crippen LogP contribution in [0.2, 0.25) is 0 Å². The van der Waals surface area contributed by atoms with E-state index in [9.17, 15) is 14.4 Å². The van der Waals surface area contributed by atoms with Crippen molar-refractivity contribution in [3.63, 3.8) is 0 Å². The van der Waals surface area contributed by atoms with Gasteiger partial charge < -0.3 is 4.74 Å². The van der Waals surface area contributed by atoms with Crippen LogP contribution >= 0.6 is 0 Å². The first kappa shape index (κ1) is 10.9. The standard InChI is InChI=1S/C10H14O4/c1-3-14-10(13)9-5-7(12)4-8(9)6(2)11/h8-9H,3-5H2,1-2H3/t8-,9+/m0/s1. The maximum Gasteiger partial charge on any atom is 0.310 e. The van der Waals surface area contributed by atoms with Crippen LogP contribution in [0.15, 0.2) is 0 Å². The third kappa shape index (κ3) is 2.19. The van der Waals surface area contributed by atoms with Gasteiger partial charge in [0.25, 0.3) is 0 Å². The van der Waals surface area contributed by atoms with Gasteiger partial charge >= 0.3 is 5.97 Å². The van der Waals surface area contributed by atoms with Gasteiger partial charge in [-0.1, -0.05) is 0 Å². The molecule has 0 aliphatic heterocycles. The van der Waals surface area contributed by atoms with Gasteiger partial charge in [0.1, 0.15) is 11.6 Å². The van der Waals surface area contributed by atoms with Gasteiger partial charge in [-0.15, -0.1) is 0 Å². The number of Topliss-reactive ketones (excluding diaryl/α,β-unsaturated/α-hetero) is 2. The van der Waals surface area contributed by atoms with Gasteiger partial charge in [-0.2, -0.15) is 0 Å². The molecule has 4 heteroatoms. The van der Waals surface area contributed by atoms with E-state index < -0.39 is 17.8 Å². The molecule has 0 aromatic carbocycles. The second-order valence-electron chi connectivity index (χ2n) is 3.52. The summed E-state index contributed by atoms with van der Waals surface area (Å²) in [7, 11) is 0. The number of hydrogen-bond donors (Lipinski definition) is 0. The summed E-state index contributed by atoms with van der Waals surface area (Å²) in [6.45, 7) is 3.40. The van der Waals surface area contributed by atoms with Crippen LogP contribution in [0.4, 0.5) is 0 Å². The lowest BCUT2D eigenvalue weighted by Crippen LogP contribution is -2.25. The molecular formula is C10H14O4. The van der Waals surface area contributed by atoms with Gasteiger partial charge in [0.05, 0.1) is 12.5 Å². The van der Waals surface area contributed by atoms with Gasteiger partial charge in [0.2, 0.25) is 0 Å². The minimum Gasteiger partial charge on any atom is -0.466 e. The van der Waals surface area contributed by atoms with Crippen LogP contribution in [-0.4, -0.2) is 24.1 Å². The molecule has 1 aliphatic carbocycles. The van der Waals surface area contributed by atoms with Gasteiger partial charge in [0.15, 0.2) is 0 Å². The Labute approximate surface area is 82.6 Å². The molecule has 1 aliphatic rings. The summed E-state index contributed by atoms with van der Waals surface area (Å²) in [4.78, 5) is 33.6. The van der Waals surface area contributed by atoms with E-state index in [0.29, 0.717) is 0 Å². The topological polar surface area (TPSA) is 60.4 Å². The SMILES string of the molecule is CCOC(=O)[C@@H]1CC(=O)C[C@H]1C(C)=O. The second-order valence-corrected chi connectivity index (χ2v) is 3.52. The summed E-state index contributed by atoms with van der Waals surface area (Å²) in [5.74, 6) is -1.54. The molecule has 0 aromatic heterocycles. The molecule has 0 amide bonds. The number of carbonyl (C=O) groups is 3. The molecule has 1 rings (SSSR count). The Balaban J connectivity index is 2.71. The van der Waals surface area contributed by atoms with Crippen molar-refractivity contribution in [1.82, 2.24) is 0 Å². The molecule has 0 radical (unpaired) electrons. The first-order chi connectivity index (χ1) is 6.56. The molecule has 1 saturated carbocycles. The smallest absolute Gasteiger partial charge is 0.310 e. The van der Waals surface area contributed by atoms with E-state index in [-0.39, 0.29) is 31.0 Å². The van der Waals surface area contributed by atoms with Crippen molar-refractivity contribution < 1.29 is 19.1 Å². The minimum atomic E-state index is -0.542. The van der Waals surface area contributed by atoms with Crippen molar-refractivity contribution >= 4 is 17.5 Å². The van der Waals surface area contributed by atoms with Crippen molar-refractivity contribution in [2.75, 3.05) is 6.61 Å². The molecule has 2 atom stereocenters. The van der Waals surface area contributed by atoms with E-state index in [1.807, 2.05) is 0 Å². The van der Waals surface area contributed by atoms with E-state index in [2.05, 4.69) is 0 Å². The summed E-state index contributed by atoms with van der Waals surface area (Å²) < 4.78 is 4.81. The average Bonchev–Trinajstić information content (AvgIpc) is 2.48. The average molecular weight is 198 g/mol. The Kier molecular flexibility index (Phi) is 3.38. The van der Waals surface area contributed by atoms with E-state index in [1.54, 1.807) is 6.92 Å². The third-order valence-corrected chi connectivity index (χ3v) is 2.49. The lowest BCUT2D eigenvalue weighted by Gasteiger charge is -2.13. The zero-order valence-corrected chi connectivity index (χ0v) is 8.41. The molecular weight excluding hydrogens is 184 g/mol. The van der Waals surface area contributed by atoms with E-state index in [1.165, 1.54) is 6.92 Å². The molecule has 0 spiro atoms. The van der Waals surface area contributed by atoms with Crippen LogP contribution in [0.3, 0.4) is 0 Å². The molecule has 1 fully saturated rings. The van der Waals surface area contributed by atoms with Crippen molar-refractivity contribution in [2.45, 2.75) is 26.7 Å². The Morgan fingerprint density at radius 1 is 1.36 bits per heavy atom. The van der Waals surface area contributed by atoms with E-state index in [0.717, 1.165) is 0 Å². The fourth-order valence-electron chi connectivity index (χ4n) is 1.78. The zero-order valence-electron chi connectivity index (χ0n) is 8.41. The number of esters is 1. The summed E-state index contributed by atoms with van der Waals surface area (Å²) >= 11 is 0. The summed E-state index contributed by atoms with van der Waals surface area (Å²) in [6.07, 6.45) is 0.349. The Morgan fingerprint density at radius 2 is 1.93 bits per heavy atom. The Bertz CT molecular complexity index is 269. The van der Waals surface area contributed by atoms with Gasteiger partial charge in [-0.25, -0.2) is 0 Å². The fraction of sp³-hybridized carbons (Fsp3) is 0.700. The molecule has 0 aromatic rings. The molecule has 14 heavy (non-hydrogen) atoms. The normalized spacial score (nSPS) is 26.3. The molecule has 78 valence electrons. The maximum atomic E-state index is 11.4. The van der Waals surface area contributed by atoms with Gasteiger partial charge in [0, 0.05) is 18.8 Å². The lowest BCUT2D eigenvalue weighted by atomic mass is 9.93. The number of rotatable bonds is 3. The highest BCUT2D eigenvalue weighted by Crippen LogP contribution is 2.30. The zero-order chi connectivity index (χ0) is 10.7. The van der Waals surface area contributed by atoms with Crippen LogP contribution in [0.5, 0.6) is 0 Å². The van der Waals surface area contributed by atoms with Gasteiger partial charge in [-0.05, 0) is 13.8 Å².